The smallest absolute Gasteiger partial charge is 0.260 e. The highest BCUT2D eigenvalue weighted by molar-refractivity contribution is 6.30. The Morgan fingerprint density at radius 3 is 2.79 bits per heavy atom. The minimum absolute atomic E-state index is 0.0284. The molecule has 4 rings (SSSR count). The molecule has 0 aliphatic carbocycles. The van der Waals surface area contributed by atoms with Crippen molar-refractivity contribution in [3.63, 3.8) is 0 Å². The minimum atomic E-state index is -0.234. The van der Waals surface area contributed by atoms with Gasteiger partial charge in [-0.25, -0.2) is 0 Å². The molecule has 2 aliphatic heterocycles. The third-order valence-electron chi connectivity index (χ3n) is 5.77. The zero-order valence-electron chi connectivity index (χ0n) is 17.1. The van der Waals surface area contributed by atoms with Crippen LogP contribution in [0, 0.1) is 0 Å². The Kier molecular flexibility index (Phi) is 5.73. The highest BCUT2D eigenvalue weighted by atomic mass is 35.5. The molecule has 0 bridgehead atoms. The van der Waals surface area contributed by atoms with Gasteiger partial charge in [0.15, 0.2) is 18.1 Å². The fourth-order valence-corrected chi connectivity index (χ4v) is 4.43. The Morgan fingerprint density at radius 2 is 2.00 bits per heavy atom. The number of fused-ring (bicyclic) bond motifs is 1. The van der Waals surface area contributed by atoms with Crippen LogP contribution in [0.15, 0.2) is 42.5 Å². The monoisotopic (exact) mass is 413 g/mol. The lowest BCUT2D eigenvalue weighted by Crippen LogP contribution is -2.37. The molecule has 1 fully saturated rings. The summed E-state index contributed by atoms with van der Waals surface area (Å²) >= 11 is 6.03. The first kappa shape index (κ1) is 20.1. The predicted molar refractivity (Wildman–Crippen MR) is 115 cm³/mol. The molecule has 0 radical (unpaired) electrons. The van der Waals surface area contributed by atoms with E-state index >= 15 is 0 Å². The summed E-state index contributed by atoms with van der Waals surface area (Å²) in [5, 5.41) is 0.740. The van der Waals surface area contributed by atoms with Gasteiger partial charge in [0.05, 0.1) is 0 Å². The fourth-order valence-electron chi connectivity index (χ4n) is 4.31. The molecule has 0 N–H and O–H groups in total. The molecule has 2 aromatic carbocycles. The molecule has 2 aromatic rings. The van der Waals surface area contributed by atoms with Crippen molar-refractivity contribution in [3.8, 4) is 11.5 Å². The van der Waals surface area contributed by atoms with Crippen molar-refractivity contribution in [1.29, 1.82) is 0 Å². The van der Waals surface area contributed by atoms with Crippen LogP contribution in [0.3, 0.4) is 0 Å². The van der Waals surface area contributed by atoms with Gasteiger partial charge in [-0.1, -0.05) is 42.3 Å². The zero-order chi connectivity index (χ0) is 20.4. The van der Waals surface area contributed by atoms with Gasteiger partial charge in [-0.05, 0) is 50.5 Å². The third kappa shape index (κ3) is 4.69. The summed E-state index contributed by atoms with van der Waals surface area (Å²) in [6, 6.07) is 13.9. The highest BCUT2D eigenvalue weighted by Crippen LogP contribution is 2.41. The maximum Gasteiger partial charge on any atom is 0.260 e. The third-order valence-corrected chi connectivity index (χ3v) is 6.02. The van der Waals surface area contributed by atoms with Crippen LogP contribution in [0.4, 0.5) is 0 Å². The Hall–Kier alpha value is -2.20. The van der Waals surface area contributed by atoms with Crippen molar-refractivity contribution in [1.82, 2.24) is 4.90 Å². The van der Waals surface area contributed by atoms with E-state index in [1.54, 1.807) is 0 Å². The van der Waals surface area contributed by atoms with E-state index in [1.165, 1.54) is 5.56 Å². The predicted octanol–water partition coefficient (Wildman–Crippen LogP) is 5.23. The number of amides is 1. The van der Waals surface area contributed by atoms with Crippen LogP contribution in [-0.4, -0.2) is 36.1 Å². The number of rotatable bonds is 4. The number of hydrogen-bond donors (Lipinski definition) is 0. The second-order valence-electron chi connectivity index (χ2n) is 8.66. The molecule has 0 saturated carbocycles. The van der Waals surface area contributed by atoms with Crippen LogP contribution in [-0.2, 0) is 11.2 Å². The number of ether oxygens (including phenoxy) is 2. The van der Waals surface area contributed by atoms with Crippen molar-refractivity contribution in [2.45, 2.75) is 51.0 Å². The highest BCUT2D eigenvalue weighted by Gasteiger charge is 2.32. The van der Waals surface area contributed by atoms with E-state index in [2.05, 4.69) is 32.0 Å². The fraction of sp³-hybridized carbons (Fsp3) is 0.458. The summed E-state index contributed by atoms with van der Waals surface area (Å²) in [4.78, 5) is 14.9. The minimum Gasteiger partial charge on any atom is -0.483 e. The van der Waals surface area contributed by atoms with Crippen LogP contribution in [0.25, 0.3) is 0 Å². The molecule has 1 amide bonds. The molecule has 1 unspecified atom stereocenters. The molecule has 1 atom stereocenters. The molecule has 2 aliphatic rings. The number of nitrogens with zero attached hydrogens (tertiary/aromatic N) is 1. The Labute approximate surface area is 177 Å². The molecule has 154 valence electrons. The number of halogens is 1. The first-order valence-electron chi connectivity index (χ1n) is 10.4. The Morgan fingerprint density at radius 1 is 1.21 bits per heavy atom. The van der Waals surface area contributed by atoms with Crippen molar-refractivity contribution < 1.29 is 14.3 Å². The maximum absolute atomic E-state index is 12.9. The lowest BCUT2D eigenvalue weighted by Gasteiger charge is -2.25. The van der Waals surface area contributed by atoms with E-state index in [0.29, 0.717) is 11.7 Å². The van der Waals surface area contributed by atoms with E-state index in [0.717, 1.165) is 55.1 Å². The molecule has 4 nitrogen and oxygen atoms in total. The van der Waals surface area contributed by atoms with Crippen molar-refractivity contribution in [2.24, 2.45) is 0 Å². The van der Waals surface area contributed by atoms with E-state index in [1.807, 2.05) is 29.2 Å². The van der Waals surface area contributed by atoms with E-state index in [-0.39, 0.29) is 18.1 Å². The molecular weight excluding hydrogens is 386 g/mol. The molecular formula is C24H28ClNO3. The van der Waals surface area contributed by atoms with Gasteiger partial charge in [-0.3, -0.25) is 4.79 Å². The van der Waals surface area contributed by atoms with Gasteiger partial charge in [-0.15, -0.1) is 0 Å². The average molecular weight is 414 g/mol. The molecule has 5 heteroatoms. The topological polar surface area (TPSA) is 38.8 Å². The van der Waals surface area contributed by atoms with Crippen molar-refractivity contribution >= 4 is 17.5 Å². The molecule has 1 saturated heterocycles. The Balaban J connectivity index is 1.41. The number of carbonyl (C=O) groups is 1. The van der Waals surface area contributed by atoms with E-state index < -0.39 is 0 Å². The van der Waals surface area contributed by atoms with Crippen LogP contribution in [0.5, 0.6) is 11.5 Å². The largest absolute Gasteiger partial charge is 0.483 e. The van der Waals surface area contributed by atoms with E-state index in [4.69, 9.17) is 21.1 Å². The second kappa shape index (κ2) is 8.27. The average Bonchev–Trinajstić information content (AvgIpc) is 2.86. The summed E-state index contributed by atoms with van der Waals surface area (Å²) in [5.41, 5.74) is 2.15. The summed E-state index contributed by atoms with van der Waals surface area (Å²) in [6.45, 7) is 5.67. The molecule has 2 heterocycles. The van der Waals surface area contributed by atoms with Gasteiger partial charge in [-0.2, -0.15) is 0 Å². The maximum atomic E-state index is 12.9. The van der Waals surface area contributed by atoms with E-state index in [9.17, 15) is 4.79 Å². The van der Waals surface area contributed by atoms with Crippen LogP contribution in [0.2, 0.25) is 5.02 Å². The lowest BCUT2D eigenvalue weighted by atomic mass is 9.94. The normalized spacial score (nSPS) is 20.5. The lowest BCUT2D eigenvalue weighted by molar-refractivity contribution is -0.133. The van der Waals surface area contributed by atoms with Gasteiger partial charge in [0.25, 0.3) is 5.91 Å². The van der Waals surface area contributed by atoms with Crippen molar-refractivity contribution in [3.05, 3.63) is 58.6 Å². The number of likely N-dealkylation sites (tertiary alicyclic amines) is 1. The van der Waals surface area contributed by atoms with Crippen LogP contribution in [0.1, 0.15) is 50.2 Å². The first-order valence-corrected chi connectivity index (χ1v) is 10.8. The van der Waals surface area contributed by atoms with Gasteiger partial charge in [0.2, 0.25) is 0 Å². The number of carbonyl (C=O) groups excluding carboxylic acids is 1. The number of benzene rings is 2. The second-order valence-corrected chi connectivity index (χ2v) is 9.09. The van der Waals surface area contributed by atoms with Crippen LogP contribution < -0.4 is 9.47 Å². The van der Waals surface area contributed by atoms with Crippen molar-refractivity contribution in [2.75, 3.05) is 19.7 Å². The SMILES string of the molecule is CC1(C)Cc2cccc(OCC(=O)N3CCCCC(c4ccc(Cl)cc4)C3)c2O1. The molecule has 0 aromatic heterocycles. The summed E-state index contributed by atoms with van der Waals surface area (Å²) in [7, 11) is 0. The first-order chi connectivity index (χ1) is 13.9. The quantitative estimate of drug-likeness (QED) is 0.689. The van der Waals surface area contributed by atoms with Gasteiger partial charge in [0, 0.05) is 36.0 Å². The Bertz CT molecular complexity index is 878. The summed E-state index contributed by atoms with van der Waals surface area (Å²) < 4.78 is 12.0. The summed E-state index contributed by atoms with van der Waals surface area (Å²) in [5.74, 6) is 1.80. The standard InChI is InChI=1S/C24H28ClNO3/c1-24(2)14-18-7-5-8-21(23(18)29-24)28-16-22(27)26-13-4-3-6-19(15-26)17-9-11-20(25)12-10-17/h5,7-12,19H,3-4,6,13-16H2,1-2H3. The molecule has 0 spiro atoms. The zero-order valence-corrected chi connectivity index (χ0v) is 17.9. The van der Waals surface area contributed by atoms with Gasteiger partial charge >= 0.3 is 0 Å². The van der Waals surface area contributed by atoms with Crippen LogP contribution >= 0.6 is 11.6 Å². The number of hydrogen-bond acceptors (Lipinski definition) is 3. The molecule has 29 heavy (non-hydrogen) atoms. The summed E-state index contributed by atoms with van der Waals surface area (Å²) in [6.07, 6.45) is 4.07. The van der Waals surface area contributed by atoms with Gasteiger partial charge in [0.1, 0.15) is 5.60 Å². The van der Waals surface area contributed by atoms with Gasteiger partial charge < -0.3 is 14.4 Å². The number of para-hydroxylation sites is 1.